The van der Waals surface area contributed by atoms with Crippen molar-refractivity contribution in [1.82, 2.24) is 4.90 Å². The third-order valence-electron chi connectivity index (χ3n) is 3.26. The van der Waals surface area contributed by atoms with Gasteiger partial charge in [-0.3, -0.25) is 9.59 Å². The average Bonchev–Trinajstić information content (AvgIpc) is 2.62. The molecule has 0 N–H and O–H groups in total. The number of nitrogens with zero attached hydrogens (tertiary/aromatic N) is 1. The Labute approximate surface area is 144 Å². The maximum absolute atomic E-state index is 11.8. The SMILES string of the molecule is CC(=CN(C)C)C(=O)c1ccccc1.CCC(=O)c1ccccc1. The molecule has 3 nitrogen and oxygen atoms in total. The van der Waals surface area contributed by atoms with Crippen LogP contribution in [0.4, 0.5) is 0 Å². The fourth-order valence-corrected chi connectivity index (χ4v) is 2.09. The summed E-state index contributed by atoms with van der Waals surface area (Å²) in [6.07, 6.45) is 2.42. The molecular formula is C21H25NO2. The monoisotopic (exact) mass is 323 g/mol. The van der Waals surface area contributed by atoms with E-state index in [0.717, 1.165) is 16.7 Å². The number of hydrogen-bond donors (Lipinski definition) is 0. The zero-order valence-electron chi connectivity index (χ0n) is 14.8. The molecule has 0 aliphatic heterocycles. The van der Waals surface area contributed by atoms with Crippen molar-refractivity contribution in [1.29, 1.82) is 0 Å². The Morgan fingerprint density at radius 1 is 0.875 bits per heavy atom. The van der Waals surface area contributed by atoms with Crippen molar-refractivity contribution < 1.29 is 9.59 Å². The Hall–Kier alpha value is -2.68. The number of allylic oxidation sites excluding steroid dienone is 1. The first-order valence-corrected chi connectivity index (χ1v) is 7.98. The van der Waals surface area contributed by atoms with E-state index in [9.17, 15) is 9.59 Å². The second-order valence-corrected chi connectivity index (χ2v) is 5.61. The smallest absolute Gasteiger partial charge is 0.190 e. The molecule has 126 valence electrons. The summed E-state index contributed by atoms with van der Waals surface area (Å²) in [4.78, 5) is 24.7. The summed E-state index contributed by atoms with van der Waals surface area (Å²) < 4.78 is 0. The van der Waals surface area contributed by atoms with Gasteiger partial charge in [0.1, 0.15) is 0 Å². The van der Waals surface area contributed by atoms with E-state index in [1.54, 1.807) is 0 Å². The number of Topliss-reactive ketones (excluding diaryl/α,β-unsaturated/α-hetero) is 2. The van der Waals surface area contributed by atoms with E-state index in [0.29, 0.717) is 6.42 Å². The molecule has 0 heterocycles. The lowest BCUT2D eigenvalue weighted by atomic mass is 10.1. The molecule has 2 aromatic rings. The van der Waals surface area contributed by atoms with Crippen LogP contribution in [-0.2, 0) is 0 Å². The van der Waals surface area contributed by atoms with E-state index >= 15 is 0 Å². The van der Waals surface area contributed by atoms with Crippen molar-refractivity contribution in [2.24, 2.45) is 0 Å². The van der Waals surface area contributed by atoms with Crippen molar-refractivity contribution in [3.8, 4) is 0 Å². The van der Waals surface area contributed by atoms with Crippen LogP contribution in [0.2, 0.25) is 0 Å². The minimum atomic E-state index is 0.0827. The number of carbonyl (C=O) groups is 2. The predicted molar refractivity (Wildman–Crippen MR) is 99.3 cm³/mol. The Kier molecular flexibility index (Phi) is 8.20. The van der Waals surface area contributed by atoms with Crippen molar-refractivity contribution >= 4 is 11.6 Å². The molecule has 0 unspecified atom stereocenters. The average molecular weight is 323 g/mol. The van der Waals surface area contributed by atoms with E-state index in [-0.39, 0.29) is 11.6 Å². The molecule has 2 rings (SSSR count). The third kappa shape index (κ3) is 6.61. The summed E-state index contributed by atoms with van der Waals surface area (Å²) in [5.41, 5.74) is 2.30. The number of benzene rings is 2. The lowest BCUT2D eigenvalue weighted by molar-refractivity contribution is 0.0986. The van der Waals surface area contributed by atoms with Crippen LogP contribution in [0, 0.1) is 0 Å². The van der Waals surface area contributed by atoms with Gasteiger partial charge in [-0.2, -0.15) is 0 Å². The molecule has 2 aromatic carbocycles. The largest absolute Gasteiger partial charge is 0.383 e. The molecule has 0 radical (unpaired) electrons. The maximum Gasteiger partial charge on any atom is 0.190 e. The Bertz CT molecular complexity index is 673. The lowest BCUT2D eigenvalue weighted by Gasteiger charge is -2.07. The molecule has 0 amide bonds. The van der Waals surface area contributed by atoms with Gasteiger partial charge in [-0.25, -0.2) is 0 Å². The van der Waals surface area contributed by atoms with Crippen LogP contribution in [0.25, 0.3) is 0 Å². The molecule has 0 spiro atoms. The van der Waals surface area contributed by atoms with Crippen molar-refractivity contribution in [3.63, 3.8) is 0 Å². The quantitative estimate of drug-likeness (QED) is 0.595. The topological polar surface area (TPSA) is 37.4 Å². The van der Waals surface area contributed by atoms with Gasteiger partial charge in [0.15, 0.2) is 11.6 Å². The molecule has 0 saturated carbocycles. The number of ketones is 2. The number of rotatable bonds is 5. The second-order valence-electron chi connectivity index (χ2n) is 5.61. The first-order chi connectivity index (χ1) is 11.5. The standard InChI is InChI=1S/C12H15NO.C9H10O/c1-10(9-13(2)3)12(14)11-7-5-4-6-8-11;1-2-9(10)8-6-4-3-5-7-8/h4-9H,1-3H3;3-7H,2H2,1H3. The fourth-order valence-electron chi connectivity index (χ4n) is 2.09. The van der Waals surface area contributed by atoms with Gasteiger partial charge < -0.3 is 4.90 Å². The summed E-state index contributed by atoms with van der Waals surface area (Å²) in [5.74, 6) is 0.292. The van der Waals surface area contributed by atoms with E-state index in [4.69, 9.17) is 0 Å². The molecule has 3 heteroatoms. The van der Waals surface area contributed by atoms with E-state index < -0.39 is 0 Å². The minimum absolute atomic E-state index is 0.0827. The lowest BCUT2D eigenvalue weighted by Crippen LogP contribution is -2.07. The zero-order valence-corrected chi connectivity index (χ0v) is 14.8. The van der Waals surface area contributed by atoms with Crippen LogP contribution in [0.1, 0.15) is 41.0 Å². The summed E-state index contributed by atoms with van der Waals surface area (Å²) in [6.45, 7) is 3.70. The number of hydrogen-bond acceptors (Lipinski definition) is 3. The Morgan fingerprint density at radius 2 is 1.33 bits per heavy atom. The van der Waals surface area contributed by atoms with Crippen LogP contribution in [0.5, 0.6) is 0 Å². The highest BCUT2D eigenvalue weighted by Gasteiger charge is 2.06. The van der Waals surface area contributed by atoms with Crippen molar-refractivity contribution in [2.45, 2.75) is 20.3 Å². The van der Waals surface area contributed by atoms with Gasteiger partial charge in [0.2, 0.25) is 0 Å². The van der Waals surface area contributed by atoms with Gasteiger partial charge in [-0.05, 0) is 6.92 Å². The molecule has 0 aromatic heterocycles. The molecule has 0 bridgehead atoms. The van der Waals surface area contributed by atoms with Crippen LogP contribution in [-0.4, -0.2) is 30.6 Å². The molecular weight excluding hydrogens is 298 g/mol. The van der Waals surface area contributed by atoms with Crippen molar-refractivity contribution in [2.75, 3.05) is 14.1 Å². The van der Waals surface area contributed by atoms with Gasteiger partial charge in [0.05, 0.1) is 0 Å². The summed E-state index contributed by atoms with van der Waals surface area (Å²) >= 11 is 0. The van der Waals surface area contributed by atoms with Crippen LogP contribution >= 0.6 is 0 Å². The first-order valence-electron chi connectivity index (χ1n) is 7.98. The highest BCUT2D eigenvalue weighted by atomic mass is 16.1. The highest BCUT2D eigenvalue weighted by molar-refractivity contribution is 6.08. The predicted octanol–water partition coefficient (Wildman–Crippen LogP) is 4.61. The molecule has 0 aliphatic rings. The van der Waals surface area contributed by atoms with Gasteiger partial charge in [0.25, 0.3) is 0 Å². The summed E-state index contributed by atoms with van der Waals surface area (Å²) in [5, 5.41) is 0. The molecule has 0 fully saturated rings. The van der Waals surface area contributed by atoms with Gasteiger partial charge in [-0.15, -0.1) is 0 Å². The van der Waals surface area contributed by atoms with Crippen LogP contribution < -0.4 is 0 Å². The summed E-state index contributed by atoms with van der Waals surface area (Å²) in [6, 6.07) is 18.6. The zero-order chi connectivity index (χ0) is 17.9. The first kappa shape index (κ1) is 19.4. The van der Waals surface area contributed by atoms with Crippen LogP contribution in [0.15, 0.2) is 72.4 Å². The van der Waals surface area contributed by atoms with E-state index in [1.807, 2.05) is 99.7 Å². The van der Waals surface area contributed by atoms with E-state index in [1.165, 1.54) is 0 Å². The van der Waals surface area contributed by atoms with Gasteiger partial charge in [-0.1, -0.05) is 67.6 Å². The molecule has 0 saturated heterocycles. The van der Waals surface area contributed by atoms with Gasteiger partial charge >= 0.3 is 0 Å². The highest BCUT2D eigenvalue weighted by Crippen LogP contribution is 2.07. The maximum atomic E-state index is 11.8. The normalized spacial score (nSPS) is 10.4. The molecule has 0 atom stereocenters. The van der Waals surface area contributed by atoms with Crippen molar-refractivity contribution in [3.05, 3.63) is 83.6 Å². The Balaban J connectivity index is 0.000000254. The molecule has 0 aliphatic carbocycles. The van der Waals surface area contributed by atoms with Gasteiger partial charge in [0, 0.05) is 43.4 Å². The van der Waals surface area contributed by atoms with Crippen LogP contribution in [0.3, 0.4) is 0 Å². The second kappa shape index (κ2) is 10.2. The molecule has 24 heavy (non-hydrogen) atoms. The third-order valence-corrected chi connectivity index (χ3v) is 3.26. The fraction of sp³-hybridized carbons (Fsp3) is 0.238. The van der Waals surface area contributed by atoms with E-state index in [2.05, 4.69) is 0 Å². The summed E-state index contributed by atoms with van der Waals surface area (Å²) in [7, 11) is 3.81. The Morgan fingerprint density at radius 3 is 1.75 bits per heavy atom. The minimum Gasteiger partial charge on any atom is -0.383 e. The number of carbonyl (C=O) groups excluding carboxylic acids is 2.